The number of nitrogens with two attached hydrogens (primary N) is 2. The second kappa shape index (κ2) is 8.98. The number of nitrogens with zero attached hydrogens (tertiary/aromatic N) is 5. The number of rotatable bonds is 8. The van der Waals surface area contributed by atoms with E-state index in [1.165, 1.54) is 12.2 Å². The first-order chi connectivity index (χ1) is 16.3. The smallest absolute Gasteiger partial charge is 0.277 e. The molecule has 12 heteroatoms. The van der Waals surface area contributed by atoms with E-state index in [4.69, 9.17) is 25.9 Å². The molecule has 0 aliphatic carbocycles. The molecule has 0 amide bonds. The van der Waals surface area contributed by atoms with Crippen LogP contribution >= 0.6 is 0 Å². The average Bonchev–Trinajstić information content (AvgIpc) is 3.20. The summed E-state index contributed by atoms with van der Waals surface area (Å²) in [6.07, 6.45) is 3.65. The van der Waals surface area contributed by atoms with Crippen LogP contribution in [0.15, 0.2) is 47.6 Å². The van der Waals surface area contributed by atoms with E-state index in [2.05, 4.69) is 15.3 Å². The Kier molecular flexibility index (Phi) is 6.07. The third kappa shape index (κ3) is 4.10. The van der Waals surface area contributed by atoms with Crippen molar-refractivity contribution in [3.63, 3.8) is 0 Å². The summed E-state index contributed by atoms with van der Waals surface area (Å²) < 4.78 is 12.5. The Morgan fingerprint density at radius 3 is 2.68 bits per heavy atom. The van der Waals surface area contributed by atoms with Crippen molar-refractivity contribution in [2.24, 2.45) is 16.5 Å². The third-order valence-electron chi connectivity index (χ3n) is 5.74. The first-order valence-electron chi connectivity index (χ1n) is 10.5. The lowest BCUT2D eigenvalue weighted by Crippen LogP contribution is -2.54. The van der Waals surface area contributed by atoms with Crippen LogP contribution in [0.1, 0.15) is 12.1 Å². The number of ether oxygens (including phenoxy) is 2. The van der Waals surface area contributed by atoms with E-state index in [0.717, 1.165) is 11.3 Å². The van der Waals surface area contributed by atoms with Crippen LogP contribution in [0, 0.1) is 17.0 Å². The van der Waals surface area contributed by atoms with Crippen LogP contribution in [-0.4, -0.2) is 57.6 Å². The van der Waals surface area contributed by atoms with Crippen LogP contribution in [0.25, 0.3) is 16.9 Å². The van der Waals surface area contributed by atoms with E-state index in [0.29, 0.717) is 28.8 Å². The first-order valence-corrected chi connectivity index (χ1v) is 10.5. The SMILES string of the molecule is COc1ccc(-c2cc3nc(C)cn3c(NCCC3([N+](=O)[O-])C=CC(N)=NC3N)n2)cc1OC. The number of amidine groups is 1. The summed E-state index contributed by atoms with van der Waals surface area (Å²) in [7, 11) is 3.14. The maximum Gasteiger partial charge on any atom is 0.277 e. The van der Waals surface area contributed by atoms with E-state index in [9.17, 15) is 10.1 Å². The summed E-state index contributed by atoms with van der Waals surface area (Å²) in [6.45, 7) is 2.09. The van der Waals surface area contributed by atoms with Crippen molar-refractivity contribution in [3.05, 3.63) is 58.4 Å². The van der Waals surface area contributed by atoms with Gasteiger partial charge in [0.25, 0.3) is 5.54 Å². The predicted octanol–water partition coefficient (Wildman–Crippen LogP) is 1.75. The summed E-state index contributed by atoms with van der Waals surface area (Å²) in [6, 6.07) is 7.35. The monoisotopic (exact) mass is 466 g/mol. The number of nitro groups is 1. The quantitative estimate of drug-likeness (QED) is 0.331. The molecule has 2 atom stereocenters. The van der Waals surface area contributed by atoms with Gasteiger partial charge in [0.1, 0.15) is 11.5 Å². The molecule has 2 unspecified atom stereocenters. The van der Waals surface area contributed by atoms with Gasteiger partial charge >= 0.3 is 0 Å². The van der Waals surface area contributed by atoms with E-state index in [1.54, 1.807) is 24.7 Å². The molecule has 0 fully saturated rings. The lowest BCUT2D eigenvalue weighted by molar-refractivity contribution is -0.559. The van der Waals surface area contributed by atoms with Crippen LogP contribution in [0.3, 0.4) is 0 Å². The van der Waals surface area contributed by atoms with Crippen LogP contribution in [0.2, 0.25) is 0 Å². The lowest BCUT2D eigenvalue weighted by Gasteiger charge is -2.28. The third-order valence-corrected chi connectivity index (χ3v) is 5.74. The van der Waals surface area contributed by atoms with Gasteiger partial charge in [-0.25, -0.2) is 15.0 Å². The normalized spacial score (nSPS) is 19.6. The highest BCUT2D eigenvalue weighted by Crippen LogP contribution is 2.32. The number of fused-ring (bicyclic) bond motifs is 1. The van der Waals surface area contributed by atoms with Gasteiger partial charge in [0.2, 0.25) is 5.95 Å². The number of benzene rings is 1. The highest BCUT2D eigenvalue weighted by atomic mass is 16.6. The largest absolute Gasteiger partial charge is 0.493 e. The number of dihydropyridines is 1. The average molecular weight is 467 g/mol. The van der Waals surface area contributed by atoms with E-state index >= 15 is 0 Å². The van der Waals surface area contributed by atoms with Crippen molar-refractivity contribution in [2.75, 3.05) is 26.1 Å². The Hall–Kier alpha value is -4.19. The number of hydrogen-bond donors (Lipinski definition) is 3. The summed E-state index contributed by atoms with van der Waals surface area (Å²) in [5.41, 5.74) is 13.0. The van der Waals surface area contributed by atoms with Gasteiger partial charge in [-0.1, -0.05) is 0 Å². The van der Waals surface area contributed by atoms with Crippen molar-refractivity contribution < 1.29 is 14.4 Å². The maximum atomic E-state index is 11.9. The van der Waals surface area contributed by atoms with E-state index < -0.39 is 16.6 Å². The van der Waals surface area contributed by atoms with Crippen LogP contribution < -0.4 is 26.3 Å². The van der Waals surface area contributed by atoms with Gasteiger partial charge in [0.15, 0.2) is 17.7 Å². The molecule has 0 saturated carbocycles. The molecular weight excluding hydrogens is 440 g/mol. The Labute approximate surface area is 195 Å². The van der Waals surface area contributed by atoms with Gasteiger partial charge in [-0.2, -0.15) is 0 Å². The Bertz CT molecular complexity index is 1300. The Morgan fingerprint density at radius 1 is 1.24 bits per heavy atom. The molecule has 0 bridgehead atoms. The minimum absolute atomic E-state index is 0.0753. The van der Waals surface area contributed by atoms with Crippen molar-refractivity contribution in [1.29, 1.82) is 0 Å². The number of aryl methyl sites for hydroxylation is 1. The van der Waals surface area contributed by atoms with E-state index in [1.807, 2.05) is 31.3 Å². The lowest BCUT2D eigenvalue weighted by atomic mass is 9.90. The molecule has 3 heterocycles. The van der Waals surface area contributed by atoms with Crippen LogP contribution in [-0.2, 0) is 0 Å². The molecule has 5 N–H and O–H groups in total. The molecule has 178 valence electrons. The molecule has 0 radical (unpaired) electrons. The molecule has 12 nitrogen and oxygen atoms in total. The summed E-state index contributed by atoms with van der Waals surface area (Å²) >= 11 is 0. The van der Waals surface area contributed by atoms with Crippen molar-refractivity contribution in [1.82, 2.24) is 14.4 Å². The van der Waals surface area contributed by atoms with Crippen molar-refractivity contribution in [3.8, 4) is 22.8 Å². The second-order valence-electron chi connectivity index (χ2n) is 7.90. The second-order valence-corrected chi connectivity index (χ2v) is 7.90. The molecule has 2 aromatic heterocycles. The predicted molar refractivity (Wildman–Crippen MR) is 128 cm³/mol. The molecule has 34 heavy (non-hydrogen) atoms. The fraction of sp³-hybridized carbons (Fsp3) is 0.318. The number of hydrogen-bond acceptors (Lipinski definition) is 10. The fourth-order valence-corrected chi connectivity index (χ4v) is 3.89. The highest BCUT2D eigenvalue weighted by molar-refractivity contribution is 5.92. The number of imidazole rings is 1. The first kappa shape index (κ1) is 23.0. The number of methoxy groups -OCH3 is 2. The molecule has 1 aromatic carbocycles. The zero-order valence-corrected chi connectivity index (χ0v) is 19.1. The molecule has 0 saturated heterocycles. The van der Waals surface area contributed by atoms with Gasteiger partial charge < -0.3 is 26.3 Å². The Morgan fingerprint density at radius 2 is 2.00 bits per heavy atom. The molecule has 1 aliphatic rings. The molecule has 4 rings (SSSR count). The van der Waals surface area contributed by atoms with Gasteiger partial charge in [0, 0.05) is 35.7 Å². The van der Waals surface area contributed by atoms with E-state index in [-0.39, 0.29) is 18.8 Å². The van der Waals surface area contributed by atoms with Gasteiger partial charge in [-0.05, 0) is 37.3 Å². The van der Waals surface area contributed by atoms with Crippen molar-refractivity contribution >= 4 is 17.4 Å². The molecule has 1 aliphatic heterocycles. The van der Waals surface area contributed by atoms with Crippen LogP contribution in [0.4, 0.5) is 5.95 Å². The highest BCUT2D eigenvalue weighted by Gasteiger charge is 2.48. The van der Waals surface area contributed by atoms with Crippen LogP contribution in [0.5, 0.6) is 11.5 Å². The Balaban J connectivity index is 1.65. The molecular formula is C22H26N8O4. The number of nitrogens with one attached hydrogen (secondary N) is 1. The van der Waals surface area contributed by atoms with Gasteiger partial charge in [0.05, 0.1) is 25.6 Å². The number of aliphatic imine (C=N–C) groups is 1. The van der Waals surface area contributed by atoms with Gasteiger partial charge in [-0.3, -0.25) is 14.5 Å². The fourth-order valence-electron chi connectivity index (χ4n) is 3.89. The standard InChI is InChI=1S/C22H26N8O4/c1-13-12-29-19(26-13)11-15(14-4-5-16(33-2)17(10-14)34-3)27-21(29)25-9-8-22(30(31)32)7-6-18(23)28-20(22)24/h4-7,10-12,20H,8-9,24H2,1-3H3,(H2,23,28)(H,25,27). The summed E-state index contributed by atoms with van der Waals surface area (Å²) in [5.74, 6) is 1.82. The topological polar surface area (TPSA) is 168 Å². The summed E-state index contributed by atoms with van der Waals surface area (Å²) in [4.78, 5) is 24.7. The number of aromatic nitrogens is 3. The minimum Gasteiger partial charge on any atom is -0.493 e. The molecule has 3 aromatic rings. The van der Waals surface area contributed by atoms with Crippen molar-refractivity contribution in [2.45, 2.75) is 25.0 Å². The zero-order chi connectivity index (χ0) is 24.5. The minimum atomic E-state index is -1.57. The molecule has 0 spiro atoms. The van der Waals surface area contributed by atoms with Gasteiger partial charge in [-0.15, -0.1) is 0 Å². The zero-order valence-electron chi connectivity index (χ0n) is 19.1. The maximum absolute atomic E-state index is 11.9. The number of anilines is 1. The summed E-state index contributed by atoms with van der Waals surface area (Å²) in [5, 5.41) is 15.1.